The molecule has 1 aliphatic heterocycles. The zero-order valence-electron chi connectivity index (χ0n) is 20.4. The van der Waals surface area contributed by atoms with Crippen LogP contribution >= 0.6 is 11.6 Å². The van der Waals surface area contributed by atoms with Gasteiger partial charge in [0.15, 0.2) is 0 Å². The number of nitrogens with one attached hydrogen (secondary N) is 1. The van der Waals surface area contributed by atoms with Gasteiger partial charge in [0.25, 0.3) is 0 Å². The second-order valence-electron chi connectivity index (χ2n) is 10.0. The largest absolute Gasteiger partial charge is 0.478 e. The minimum Gasteiger partial charge on any atom is -0.478 e. The Morgan fingerprint density at radius 2 is 1.94 bits per heavy atom. The second kappa shape index (κ2) is 10.2. The van der Waals surface area contributed by atoms with E-state index in [4.69, 9.17) is 16.3 Å². The Hall–Kier alpha value is -2.83. The Labute approximate surface area is 206 Å². The highest BCUT2D eigenvalue weighted by Crippen LogP contribution is 2.40. The van der Waals surface area contributed by atoms with E-state index in [2.05, 4.69) is 26.1 Å². The number of rotatable bonds is 8. The summed E-state index contributed by atoms with van der Waals surface area (Å²) in [6.07, 6.45) is 3.64. The Morgan fingerprint density at radius 1 is 1.21 bits per heavy atom. The normalized spacial score (nSPS) is 18.5. The van der Waals surface area contributed by atoms with Crippen LogP contribution in [-0.2, 0) is 16.7 Å². The molecular formula is C27H33ClN2O4. The van der Waals surface area contributed by atoms with Crippen LogP contribution in [0.5, 0.6) is 0 Å². The fourth-order valence-electron chi connectivity index (χ4n) is 4.03. The number of amides is 2. The number of aryl methyl sites for hydroxylation is 1. The van der Waals surface area contributed by atoms with Gasteiger partial charge in [0.05, 0.1) is 24.3 Å². The molecule has 2 amide bonds. The molecule has 0 bridgehead atoms. The monoisotopic (exact) mass is 484 g/mol. The van der Waals surface area contributed by atoms with Gasteiger partial charge in [0.1, 0.15) is 0 Å². The molecule has 0 aromatic heterocycles. The highest BCUT2D eigenvalue weighted by molar-refractivity contribution is 6.31. The number of carboxylic acids is 1. The van der Waals surface area contributed by atoms with Crippen molar-refractivity contribution >= 4 is 29.2 Å². The molecular weight excluding hydrogens is 452 g/mol. The van der Waals surface area contributed by atoms with E-state index in [9.17, 15) is 14.7 Å². The number of nitrogens with zero attached hydrogens (tertiary/aromatic N) is 1. The number of aromatic carboxylic acids is 1. The van der Waals surface area contributed by atoms with E-state index in [-0.39, 0.29) is 17.0 Å². The van der Waals surface area contributed by atoms with Crippen LogP contribution in [0.15, 0.2) is 48.7 Å². The molecule has 0 aliphatic carbocycles. The smallest absolute Gasteiger partial charge is 0.335 e. The van der Waals surface area contributed by atoms with Gasteiger partial charge >= 0.3 is 12.0 Å². The van der Waals surface area contributed by atoms with Gasteiger partial charge in [-0.1, -0.05) is 56.6 Å². The Morgan fingerprint density at radius 3 is 2.56 bits per heavy atom. The van der Waals surface area contributed by atoms with Crippen molar-refractivity contribution in [2.75, 3.05) is 20.3 Å². The summed E-state index contributed by atoms with van der Waals surface area (Å²) in [6.45, 7) is 9.26. The summed E-state index contributed by atoms with van der Waals surface area (Å²) in [6, 6.07) is 12.4. The first-order chi connectivity index (χ1) is 15.9. The van der Waals surface area contributed by atoms with Crippen LogP contribution < -0.4 is 5.32 Å². The molecule has 182 valence electrons. The van der Waals surface area contributed by atoms with E-state index >= 15 is 0 Å². The van der Waals surface area contributed by atoms with E-state index < -0.39 is 11.5 Å². The average molecular weight is 485 g/mol. The van der Waals surface area contributed by atoms with Crippen molar-refractivity contribution in [3.05, 3.63) is 75.9 Å². The minimum atomic E-state index is -1.01. The van der Waals surface area contributed by atoms with Gasteiger partial charge in [0.2, 0.25) is 0 Å². The first-order valence-electron chi connectivity index (χ1n) is 11.4. The number of halogens is 1. The number of carboxylic acid groups (broad SMARTS) is 1. The molecule has 1 aliphatic rings. The Balaban J connectivity index is 2.07. The van der Waals surface area contributed by atoms with Crippen molar-refractivity contribution in [3.8, 4) is 0 Å². The van der Waals surface area contributed by atoms with Gasteiger partial charge in [0, 0.05) is 23.9 Å². The fraction of sp³-hybridized carbons (Fsp3) is 0.407. The molecule has 1 atom stereocenters. The molecule has 0 saturated heterocycles. The summed E-state index contributed by atoms with van der Waals surface area (Å²) < 4.78 is 5.15. The van der Waals surface area contributed by atoms with Crippen molar-refractivity contribution in [2.45, 2.75) is 46.1 Å². The van der Waals surface area contributed by atoms with Crippen LogP contribution in [0.2, 0.25) is 5.02 Å². The van der Waals surface area contributed by atoms with Crippen molar-refractivity contribution in [3.63, 3.8) is 0 Å². The molecule has 1 heterocycles. The number of ether oxygens (including phenoxy) is 1. The SMILES string of the molecule is COCCN1C=C(c2cccc(C(=O)O)c2)[C@](C)(c2ccc(CCC(C)(C)C)c(Cl)c2)NC1=O. The molecule has 0 radical (unpaired) electrons. The number of urea groups is 1. The minimum absolute atomic E-state index is 0.177. The summed E-state index contributed by atoms with van der Waals surface area (Å²) in [5, 5.41) is 13.3. The van der Waals surface area contributed by atoms with Crippen molar-refractivity contribution in [2.24, 2.45) is 5.41 Å². The van der Waals surface area contributed by atoms with Gasteiger partial charge in [-0.2, -0.15) is 0 Å². The summed E-state index contributed by atoms with van der Waals surface area (Å²) in [4.78, 5) is 26.1. The van der Waals surface area contributed by atoms with Crippen LogP contribution in [0.3, 0.4) is 0 Å². The zero-order valence-corrected chi connectivity index (χ0v) is 21.2. The lowest BCUT2D eigenvalue weighted by molar-refractivity contribution is 0.0696. The van der Waals surface area contributed by atoms with Gasteiger partial charge < -0.3 is 15.2 Å². The lowest BCUT2D eigenvalue weighted by Gasteiger charge is -2.41. The number of hydrogen-bond acceptors (Lipinski definition) is 3. The maximum atomic E-state index is 13.0. The highest BCUT2D eigenvalue weighted by atomic mass is 35.5. The lowest BCUT2D eigenvalue weighted by Crippen LogP contribution is -2.53. The van der Waals surface area contributed by atoms with Gasteiger partial charge in [-0.05, 0) is 60.1 Å². The molecule has 7 heteroatoms. The van der Waals surface area contributed by atoms with Gasteiger partial charge in [-0.15, -0.1) is 0 Å². The van der Waals surface area contributed by atoms with Crippen LogP contribution in [0.1, 0.15) is 61.2 Å². The quantitative estimate of drug-likeness (QED) is 0.485. The topological polar surface area (TPSA) is 78.9 Å². The van der Waals surface area contributed by atoms with E-state index in [1.165, 1.54) is 0 Å². The summed E-state index contributed by atoms with van der Waals surface area (Å²) in [5.74, 6) is -1.01. The van der Waals surface area contributed by atoms with Gasteiger partial charge in [-0.3, -0.25) is 4.90 Å². The third kappa shape index (κ3) is 5.80. The zero-order chi connectivity index (χ0) is 25.1. The molecule has 0 fully saturated rings. The number of carbonyl (C=O) groups excluding carboxylic acids is 1. The molecule has 0 unspecified atom stereocenters. The van der Waals surface area contributed by atoms with E-state index in [1.54, 1.807) is 36.4 Å². The summed E-state index contributed by atoms with van der Waals surface area (Å²) >= 11 is 6.70. The first-order valence-corrected chi connectivity index (χ1v) is 11.7. The molecule has 34 heavy (non-hydrogen) atoms. The van der Waals surface area contributed by atoms with Crippen LogP contribution in [0, 0.1) is 5.41 Å². The molecule has 2 N–H and O–H groups in total. The molecule has 2 aromatic rings. The summed E-state index contributed by atoms with van der Waals surface area (Å²) in [5.41, 5.74) is 2.82. The molecule has 3 rings (SSSR count). The molecule has 0 spiro atoms. The number of hydrogen-bond donors (Lipinski definition) is 2. The number of carbonyl (C=O) groups is 2. The molecule has 6 nitrogen and oxygen atoms in total. The third-order valence-corrected chi connectivity index (χ3v) is 6.52. The summed E-state index contributed by atoms with van der Waals surface area (Å²) in [7, 11) is 1.58. The van der Waals surface area contributed by atoms with Crippen LogP contribution in [0.4, 0.5) is 4.79 Å². The number of benzene rings is 2. The van der Waals surface area contributed by atoms with Crippen molar-refractivity contribution < 1.29 is 19.4 Å². The second-order valence-corrected chi connectivity index (χ2v) is 10.4. The third-order valence-electron chi connectivity index (χ3n) is 6.17. The van der Waals surface area contributed by atoms with Crippen LogP contribution in [0.25, 0.3) is 5.57 Å². The van der Waals surface area contributed by atoms with E-state index in [0.29, 0.717) is 23.7 Å². The average Bonchev–Trinajstić information content (AvgIpc) is 2.77. The molecule has 0 saturated carbocycles. The maximum absolute atomic E-state index is 13.0. The lowest BCUT2D eigenvalue weighted by atomic mass is 9.79. The predicted octanol–water partition coefficient (Wildman–Crippen LogP) is 5.94. The predicted molar refractivity (Wildman–Crippen MR) is 135 cm³/mol. The Bertz CT molecular complexity index is 1110. The van der Waals surface area contributed by atoms with Crippen LogP contribution in [-0.4, -0.2) is 42.3 Å². The first kappa shape index (κ1) is 25.8. The van der Waals surface area contributed by atoms with Crippen molar-refractivity contribution in [1.29, 1.82) is 0 Å². The Kier molecular flexibility index (Phi) is 7.74. The van der Waals surface area contributed by atoms with Crippen molar-refractivity contribution in [1.82, 2.24) is 10.2 Å². The molecule has 2 aromatic carbocycles. The standard InChI is InChI=1S/C27H33ClN2O4/c1-26(2,3)12-11-18-9-10-21(16-23(18)28)27(4)22(17-30(13-14-34-5)25(33)29-27)19-7-6-8-20(15-19)24(31)32/h6-10,15-17H,11-14H2,1-5H3,(H,29,33)(H,31,32)/t27-/m0/s1. The van der Waals surface area contributed by atoms with E-state index in [1.807, 2.05) is 31.2 Å². The van der Waals surface area contributed by atoms with Gasteiger partial charge in [-0.25, -0.2) is 9.59 Å². The number of methoxy groups -OCH3 is 1. The van der Waals surface area contributed by atoms with E-state index in [0.717, 1.165) is 29.5 Å². The highest BCUT2D eigenvalue weighted by Gasteiger charge is 2.39. The maximum Gasteiger partial charge on any atom is 0.335 e. The fourth-order valence-corrected chi connectivity index (χ4v) is 4.31.